The molecule has 9 heteroatoms. The van der Waals surface area contributed by atoms with E-state index in [9.17, 15) is 28.3 Å². The zero-order chi connectivity index (χ0) is 22.0. The summed E-state index contributed by atoms with van der Waals surface area (Å²) in [5.41, 5.74) is 0.864. The van der Waals surface area contributed by atoms with Gasteiger partial charge < -0.3 is 15.3 Å². The summed E-state index contributed by atoms with van der Waals surface area (Å²) in [4.78, 5) is 39.6. The average Bonchev–Trinajstić information content (AvgIpc) is 2.95. The van der Waals surface area contributed by atoms with Crippen LogP contribution in [-0.4, -0.2) is 47.9 Å². The van der Waals surface area contributed by atoms with E-state index in [4.69, 9.17) is 0 Å². The Kier molecular flexibility index (Phi) is 5.93. The van der Waals surface area contributed by atoms with Crippen LogP contribution in [0.15, 0.2) is 48.2 Å². The molecule has 0 spiro atoms. The highest BCUT2D eigenvalue weighted by Crippen LogP contribution is 2.35. The number of carbonyl (C=O) groups is 3. The van der Waals surface area contributed by atoms with Gasteiger partial charge >= 0.3 is 0 Å². The minimum absolute atomic E-state index is 0.0195. The van der Waals surface area contributed by atoms with Gasteiger partial charge in [-0.1, -0.05) is 12.1 Å². The van der Waals surface area contributed by atoms with Crippen molar-refractivity contribution < 1.29 is 28.3 Å². The van der Waals surface area contributed by atoms with Gasteiger partial charge in [-0.25, -0.2) is 13.7 Å². The molecule has 1 aliphatic rings. The van der Waals surface area contributed by atoms with Crippen molar-refractivity contribution in [2.75, 3.05) is 30.4 Å². The van der Waals surface area contributed by atoms with E-state index < -0.39 is 23.4 Å². The van der Waals surface area contributed by atoms with Crippen molar-refractivity contribution in [3.05, 3.63) is 65.4 Å². The first kappa shape index (κ1) is 21.1. The summed E-state index contributed by atoms with van der Waals surface area (Å²) in [6.07, 6.45) is 0. The first-order valence-electron chi connectivity index (χ1n) is 9.02. The summed E-state index contributed by atoms with van der Waals surface area (Å²) in [6, 6.07) is 9.03. The number of likely N-dealkylation sites (N-methyl/N-ethyl adjacent to an activating group) is 1. The van der Waals surface area contributed by atoms with Gasteiger partial charge in [0.1, 0.15) is 5.70 Å². The lowest BCUT2D eigenvalue weighted by atomic mass is 10.0. The molecule has 2 aromatic rings. The SMILES string of the molecule is CC(=O)Nc1ccc(C2=C(N(C)CCO)C(=O)N(c3ccc(F)c(F)c3)C2=O)cc1. The molecular formula is C21H19F2N3O4. The van der Waals surface area contributed by atoms with E-state index in [2.05, 4.69) is 5.32 Å². The molecule has 3 amide bonds. The predicted octanol–water partition coefficient (Wildman–Crippen LogP) is 2.13. The third-order valence-corrected chi connectivity index (χ3v) is 4.53. The second kappa shape index (κ2) is 8.42. The Labute approximate surface area is 171 Å². The molecule has 7 nitrogen and oxygen atoms in total. The third-order valence-electron chi connectivity index (χ3n) is 4.53. The van der Waals surface area contributed by atoms with Crippen LogP contribution in [0.25, 0.3) is 5.57 Å². The van der Waals surface area contributed by atoms with Crippen molar-refractivity contribution in [2.24, 2.45) is 0 Å². The summed E-state index contributed by atoms with van der Waals surface area (Å²) in [7, 11) is 1.54. The summed E-state index contributed by atoms with van der Waals surface area (Å²) in [5.74, 6) is -3.98. The fourth-order valence-corrected chi connectivity index (χ4v) is 3.18. The minimum atomic E-state index is -1.19. The molecule has 0 unspecified atom stereocenters. The molecular weight excluding hydrogens is 396 g/mol. The Balaban J connectivity index is 2.08. The molecule has 0 radical (unpaired) electrons. The van der Waals surface area contributed by atoms with Crippen molar-refractivity contribution in [1.82, 2.24) is 4.90 Å². The lowest BCUT2D eigenvalue weighted by molar-refractivity contribution is -0.120. The van der Waals surface area contributed by atoms with E-state index in [-0.39, 0.29) is 36.0 Å². The fourth-order valence-electron chi connectivity index (χ4n) is 3.18. The molecule has 1 aliphatic heterocycles. The number of benzene rings is 2. The van der Waals surface area contributed by atoms with Gasteiger partial charge in [-0.15, -0.1) is 0 Å². The zero-order valence-corrected chi connectivity index (χ0v) is 16.3. The first-order valence-corrected chi connectivity index (χ1v) is 9.02. The first-order chi connectivity index (χ1) is 14.2. The lowest BCUT2D eigenvalue weighted by Crippen LogP contribution is -2.35. The number of halogens is 2. The Morgan fingerprint density at radius 3 is 2.30 bits per heavy atom. The number of nitrogens with zero attached hydrogens (tertiary/aromatic N) is 2. The van der Waals surface area contributed by atoms with Gasteiger partial charge in [0.25, 0.3) is 11.8 Å². The van der Waals surface area contributed by atoms with E-state index in [1.54, 1.807) is 24.3 Å². The second-order valence-corrected chi connectivity index (χ2v) is 6.67. The number of imide groups is 1. The van der Waals surface area contributed by atoms with E-state index in [0.717, 1.165) is 23.1 Å². The molecule has 0 aromatic heterocycles. The average molecular weight is 415 g/mol. The normalized spacial score (nSPS) is 13.8. The van der Waals surface area contributed by atoms with Crippen LogP contribution in [0.4, 0.5) is 20.2 Å². The maximum atomic E-state index is 13.7. The van der Waals surface area contributed by atoms with E-state index in [1.165, 1.54) is 18.9 Å². The maximum absolute atomic E-state index is 13.7. The number of amides is 3. The Morgan fingerprint density at radius 1 is 1.07 bits per heavy atom. The van der Waals surface area contributed by atoms with Crippen LogP contribution in [-0.2, 0) is 14.4 Å². The Hall–Kier alpha value is -3.59. The molecule has 0 saturated carbocycles. The van der Waals surface area contributed by atoms with Gasteiger partial charge in [0.2, 0.25) is 5.91 Å². The van der Waals surface area contributed by atoms with Crippen LogP contribution in [0, 0.1) is 11.6 Å². The molecule has 0 saturated heterocycles. The zero-order valence-electron chi connectivity index (χ0n) is 16.3. The van der Waals surface area contributed by atoms with Crippen LogP contribution in [0.5, 0.6) is 0 Å². The van der Waals surface area contributed by atoms with Gasteiger partial charge in [0.05, 0.1) is 17.9 Å². The largest absolute Gasteiger partial charge is 0.395 e. The van der Waals surface area contributed by atoms with E-state index in [0.29, 0.717) is 11.3 Å². The maximum Gasteiger partial charge on any atom is 0.282 e. The molecule has 2 N–H and O–H groups in total. The number of anilines is 2. The highest BCUT2D eigenvalue weighted by atomic mass is 19.2. The molecule has 1 heterocycles. The summed E-state index contributed by atoms with van der Waals surface area (Å²) in [6.45, 7) is 1.17. The predicted molar refractivity (Wildman–Crippen MR) is 106 cm³/mol. The molecule has 0 fully saturated rings. The summed E-state index contributed by atoms with van der Waals surface area (Å²) < 4.78 is 27.0. The number of nitrogens with one attached hydrogen (secondary N) is 1. The van der Waals surface area contributed by atoms with Crippen molar-refractivity contribution in [1.29, 1.82) is 0 Å². The van der Waals surface area contributed by atoms with Crippen molar-refractivity contribution in [3.63, 3.8) is 0 Å². The number of aliphatic hydroxyl groups excluding tert-OH is 1. The smallest absolute Gasteiger partial charge is 0.282 e. The lowest BCUT2D eigenvalue weighted by Gasteiger charge is -2.20. The number of carbonyl (C=O) groups excluding carboxylic acids is 3. The molecule has 30 heavy (non-hydrogen) atoms. The monoisotopic (exact) mass is 415 g/mol. The highest BCUT2D eigenvalue weighted by molar-refractivity contribution is 6.45. The minimum Gasteiger partial charge on any atom is -0.395 e. The van der Waals surface area contributed by atoms with Gasteiger partial charge in [-0.05, 0) is 29.8 Å². The van der Waals surface area contributed by atoms with Crippen LogP contribution >= 0.6 is 0 Å². The second-order valence-electron chi connectivity index (χ2n) is 6.67. The third kappa shape index (κ3) is 3.92. The number of hydrogen-bond acceptors (Lipinski definition) is 5. The topological polar surface area (TPSA) is 90.0 Å². The van der Waals surface area contributed by atoms with Crippen LogP contribution in [0.3, 0.4) is 0 Å². The quantitative estimate of drug-likeness (QED) is 0.706. The Bertz CT molecular complexity index is 1050. The standard InChI is InChI=1S/C21H19F2N3O4/c1-12(28)24-14-5-3-13(4-6-14)18-19(25(2)9-10-27)21(30)26(20(18)29)15-7-8-16(22)17(23)11-15/h3-8,11,27H,9-10H2,1-2H3,(H,24,28). The van der Waals surface area contributed by atoms with Crippen LogP contribution < -0.4 is 10.2 Å². The van der Waals surface area contributed by atoms with Crippen molar-refractivity contribution in [3.8, 4) is 0 Å². The van der Waals surface area contributed by atoms with Crippen molar-refractivity contribution >= 4 is 34.7 Å². The molecule has 0 aliphatic carbocycles. The van der Waals surface area contributed by atoms with E-state index >= 15 is 0 Å². The van der Waals surface area contributed by atoms with Crippen molar-refractivity contribution in [2.45, 2.75) is 6.92 Å². The molecule has 156 valence electrons. The van der Waals surface area contributed by atoms with Crippen LogP contribution in [0.1, 0.15) is 12.5 Å². The van der Waals surface area contributed by atoms with Gasteiger partial charge in [-0.3, -0.25) is 14.4 Å². The molecule has 0 atom stereocenters. The van der Waals surface area contributed by atoms with Crippen LogP contribution in [0.2, 0.25) is 0 Å². The number of rotatable bonds is 6. The summed E-state index contributed by atoms with van der Waals surface area (Å²) in [5, 5.41) is 11.9. The summed E-state index contributed by atoms with van der Waals surface area (Å²) >= 11 is 0. The van der Waals surface area contributed by atoms with E-state index in [1.807, 2.05) is 0 Å². The van der Waals surface area contributed by atoms with Gasteiger partial charge in [-0.2, -0.15) is 0 Å². The van der Waals surface area contributed by atoms with Gasteiger partial charge in [0, 0.05) is 32.3 Å². The van der Waals surface area contributed by atoms with Gasteiger partial charge in [0.15, 0.2) is 11.6 Å². The number of aliphatic hydroxyl groups is 1. The fraction of sp³-hybridized carbons (Fsp3) is 0.190. The number of hydrogen-bond donors (Lipinski definition) is 2. The molecule has 2 aromatic carbocycles. The Morgan fingerprint density at radius 2 is 1.73 bits per heavy atom. The highest BCUT2D eigenvalue weighted by Gasteiger charge is 2.41. The molecule has 0 bridgehead atoms. The molecule has 3 rings (SSSR count).